The smallest absolute Gasteiger partial charge is 0.267 e. The molecule has 0 N–H and O–H groups in total. The summed E-state index contributed by atoms with van der Waals surface area (Å²) in [4.78, 5) is 17.7. The molecule has 3 aromatic rings. The highest BCUT2D eigenvalue weighted by atomic mass is 79.9. The van der Waals surface area contributed by atoms with E-state index in [1.165, 1.54) is 4.68 Å². The van der Waals surface area contributed by atoms with Crippen molar-refractivity contribution in [2.45, 2.75) is 26.2 Å². The van der Waals surface area contributed by atoms with Crippen molar-refractivity contribution in [1.29, 1.82) is 0 Å². The average molecular weight is 463 g/mol. The number of fused-ring (bicyclic) bond motifs is 1. The number of aromatic nitrogens is 2. The predicted molar refractivity (Wildman–Crippen MR) is 110 cm³/mol. The molecule has 1 heterocycles. The second-order valence-electron chi connectivity index (χ2n) is 5.82. The molecule has 0 fully saturated rings. The zero-order chi connectivity index (χ0) is 18.0. The molecule has 128 valence electrons. The molecule has 0 saturated carbocycles. The van der Waals surface area contributed by atoms with Gasteiger partial charge in [0.1, 0.15) is 5.82 Å². The fourth-order valence-corrected chi connectivity index (χ4v) is 3.23. The van der Waals surface area contributed by atoms with Crippen molar-refractivity contribution in [3.05, 3.63) is 73.2 Å². The van der Waals surface area contributed by atoms with Crippen molar-refractivity contribution in [3.8, 4) is 0 Å². The van der Waals surface area contributed by atoms with Gasteiger partial charge in [0.15, 0.2) is 0 Å². The number of hydrogen-bond donors (Lipinski definition) is 0. The Hall–Kier alpha value is -1.79. The van der Waals surface area contributed by atoms with Gasteiger partial charge in [0.2, 0.25) is 0 Å². The maximum Gasteiger partial charge on any atom is 0.282 e. The van der Waals surface area contributed by atoms with Gasteiger partial charge < -0.3 is 0 Å². The van der Waals surface area contributed by atoms with E-state index in [0.717, 1.165) is 20.9 Å². The highest BCUT2D eigenvalue weighted by molar-refractivity contribution is 9.10. The summed E-state index contributed by atoms with van der Waals surface area (Å²) in [5, 5.41) is 5.00. The van der Waals surface area contributed by atoms with Crippen molar-refractivity contribution in [2.75, 3.05) is 0 Å². The van der Waals surface area contributed by atoms with Crippen LogP contribution in [0.3, 0.4) is 0 Å². The average Bonchev–Trinajstić information content (AvgIpc) is 2.62. The molecule has 0 amide bonds. The molecule has 0 aliphatic carbocycles. The number of rotatable bonds is 4. The van der Waals surface area contributed by atoms with Crippen LogP contribution in [-0.2, 0) is 0 Å². The molecule has 3 rings (SSSR count). The lowest BCUT2D eigenvalue weighted by atomic mass is 10.1. The van der Waals surface area contributed by atoms with Gasteiger partial charge in [0.25, 0.3) is 5.56 Å². The van der Waals surface area contributed by atoms with Gasteiger partial charge in [-0.1, -0.05) is 63.9 Å². The maximum atomic E-state index is 13.0. The normalized spacial score (nSPS) is 12.8. The van der Waals surface area contributed by atoms with Gasteiger partial charge >= 0.3 is 0 Å². The summed E-state index contributed by atoms with van der Waals surface area (Å²) in [6.07, 6.45) is 2.56. The minimum atomic E-state index is -0.162. The van der Waals surface area contributed by atoms with Gasteiger partial charge in [-0.15, -0.1) is 0 Å². The third-order valence-electron chi connectivity index (χ3n) is 4.10. The second-order valence-corrected chi connectivity index (χ2v) is 7.59. The highest BCUT2D eigenvalue weighted by Crippen LogP contribution is 2.21. The SMILES string of the molecule is CC[C@H](C)c1nc2ccc(Br)cc2c(=O)n1N=Cc1ccccc1Br. The molecule has 0 radical (unpaired) electrons. The third kappa shape index (κ3) is 3.75. The zero-order valence-corrected chi connectivity index (χ0v) is 17.1. The Balaban J connectivity index is 2.22. The number of hydrogen-bond acceptors (Lipinski definition) is 3. The zero-order valence-electron chi connectivity index (χ0n) is 13.9. The Kier molecular flexibility index (Phi) is 5.49. The van der Waals surface area contributed by atoms with Crippen LogP contribution in [0.2, 0.25) is 0 Å². The lowest BCUT2D eigenvalue weighted by Gasteiger charge is -2.14. The van der Waals surface area contributed by atoms with Gasteiger partial charge in [0.05, 0.1) is 17.1 Å². The first-order valence-electron chi connectivity index (χ1n) is 8.02. The molecule has 0 saturated heterocycles. The Morgan fingerprint density at radius 1 is 1.24 bits per heavy atom. The van der Waals surface area contributed by atoms with Crippen molar-refractivity contribution in [2.24, 2.45) is 5.10 Å². The fourth-order valence-electron chi connectivity index (χ4n) is 2.48. The molecule has 6 heteroatoms. The van der Waals surface area contributed by atoms with Gasteiger partial charge in [-0.05, 0) is 30.7 Å². The van der Waals surface area contributed by atoms with Crippen LogP contribution in [0.25, 0.3) is 10.9 Å². The largest absolute Gasteiger partial charge is 0.282 e. The van der Waals surface area contributed by atoms with Crippen molar-refractivity contribution >= 4 is 49.0 Å². The molecule has 4 nitrogen and oxygen atoms in total. The minimum Gasteiger partial charge on any atom is -0.267 e. The number of benzene rings is 2. The maximum absolute atomic E-state index is 13.0. The molecular formula is C19H17Br2N3O. The van der Waals surface area contributed by atoms with Crippen LogP contribution in [0.5, 0.6) is 0 Å². The van der Waals surface area contributed by atoms with E-state index >= 15 is 0 Å². The highest BCUT2D eigenvalue weighted by Gasteiger charge is 2.15. The monoisotopic (exact) mass is 461 g/mol. The number of nitrogens with zero attached hydrogens (tertiary/aromatic N) is 3. The molecular weight excluding hydrogens is 446 g/mol. The summed E-state index contributed by atoms with van der Waals surface area (Å²) < 4.78 is 3.19. The Labute approximate surface area is 162 Å². The van der Waals surface area contributed by atoms with Gasteiger partial charge in [-0.25, -0.2) is 4.98 Å². The second kappa shape index (κ2) is 7.62. The predicted octanol–water partition coefficient (Wildman–Crippen LogP) is 5.32. The van der Waals surface area contributed by atoms with Crippen LogP contribution >= 0.6 is 31.9 Å². The standard InChI is InChI=1S/C19H17Br2N3O/c1-3-12(2)18-23-17-9-8-14(20)10-15(17)19(25)24(18)22-11-13-6-4-5-7-16(13)21/h4-12H,3H2,1-2H3/t12-/m0/s1. The van der Waals surface area contributed by atoms with E-state index in [2.05, 4.69) is 50.8 Å². The van der Waals surface area contributed by atoms with Crippen LogP contribution in [0.4, 0.5) is 0 Å². The summed E-state index contributed by atoms with van der Waals surface area (Å²) >= 11 is 6.92. The Morgan fingerprint density at radius 2 is 2.00 bits per heavy atom. The van der Waals surface area contributed by atoms with Crippen LogP contribution in [0, 0.1) is 0 Å². The Morgan fingerprint density at radius 3 is 2.72 bits per heavy atom. The first kappa shape index (κ1) is 18.0. The summed E-state index contributed by atoms with van der Waals surface area (Å²) in [5.41, 5.74) is 1.43. The first-order chi connectivity index (χ1) is 12.0. The molecule has 0 bridgehead atoms. The molecule has 25 heavy (non-hydrogen) atoms. The quantitative estimate of drug-likeness (QED) is 0.492. The van der Waals surface area contributed by atoms with E-state index in [1.807, 2.05) is 36.4 Å². The molecule has 0 spiro atoms. The molecule has 0 aliphatic heterocycles. The van der Waals surface area contributed by atoms with E-state index in [4.69, 9.17) is 4.98 Å². The lowest BCUT2D eigenvalue weighted by Crippen LogP contribution is -2.23. The summed E-state index contributed by atoms with van der Waals surface area (Å²) in [7, 11) is 0. The topological polar surface area (TPSA) is 47.2 Å². The van der Waals surface area contributed by atoms with Crippen LogP contribution in [0.1, 0.15) is 37.6 Å². The summed E-state index contributed by atoms with van der Waals surface area (Å²) in [6, 6.07) is 13.3. The molecule has 2 aromatic carbocycles. The van der Waals surface area contributed by atoms with Crippen LogP contribution in [0.15, 0.2) is 61.3 Å². The van der Waals surface area contributed by atoms with E-state index < -0.39 is 0 Å². The Bertz CT molecular complexity index is 1010. The first-order valence-corrected chi connectivity index (χ1v) is 9.61. The van der Waals surface area contributed by atoms with Gasteiger partial charge in [-0.2, -0.15) is 9.78 Å². The minimum absolute atomic E-state index is 0.122. The van der Waals surface area contributed by atoms with Crippen molar-refractivity contribution in [1.82, 2.24) is 9.66 Å². The fraction of sp³-hybridized carbons (Fsp3) is 0.211. The summed E-state index contributed by atoms with van der Waals surface area (Å²) in [6.45, 7) is 4.13. The molecule has 1 atom stereocenters. The molecule has 0 aliphatic rings. The van der Waals surface area contributed by atoms with Crippen molar-refractivity contribution in [3.63, 3.8) is 0 Å². The van der Waals surface area contributed by atoms with E-state index in [0.29, 0.717) is 16.7 Å². The van der Waals surface area contributed by atoms with Crippen molar-refractivity contribution < 1.29 is 0 Å². The lowest BCUT2D eigenvalue weighted by molar-refractivity contribution is 0.613. The number of halogens is 2. The molecule has 1 aromatic heterocycles. The van der Waals surface area contributed by atoms with Crippen LogP contribution in [-0.4, -0.2) is 15.9 Å². The van der Waals surface area contributed by atoms with E-state index in [-0.39, 0.29) is 11.5 Å². The van der Waals surface area contributed by atoms with Gasteiger partial charge in [0, 0.05) is 20.4 Å². The van der Waals surface area contributed by atoms with Gasteiger partial charge in [-0.3, -0.25) is 4.79 Å². The third-order valence-corrected chi connectivity index (χ3v) is 5.32. The molecule has 0 unspecified atom stereocenters. The van der Waals surface area contributed by atoms with E-state index in [1.54, 1.807) is 12.3 Å². The van der Waals surface area contributed by atoms with Crippen LogP contribution < -0.4 is 5.56 Å². The summed E-state index contributed by atoms with van der Waals surface area (Å²) in [5.74, 6) is 0.794. The van der Waals surface area contributed by atoms with E-state index in [9.17, 15) is 4.79 Å².